The van der Waals surface area contributed by atoms with Crippen molar-refractivity contribution in [1.29, 1.82) is 0 Å². The Morgan fingerprint density at radius 2 is 2.60 bits per heavy atom. The molecule has 0 nitrogen and oxygen atoms in total. The van der Waals surface area contributed by atoms with Gasteiger partial charge in [-0.05, 0) is 6.42 Å². The van der Waals surface area contributed by atoms with Gasteiger partial charge in [0, 0.05) is 12.9 Å². The van der Waals surface area contributed by atoms with Crippen LogP contribution in [0.5, 0.6) is 0 Å². The molecule has 1 atom stereocenters. The van der Waals surface area contributed by atoms with E-state index < -0.39 is 0 Å². The minimum atomic E-state index is 0.176. The molecule has 5 heavy (non-hydrogen) atoms. The molecule has 1 aliphatic heterocycles. The van der Waals surface area contributed by atoms with Crippen molar-refractivity contribution in [1.82, 2.24) is 0 Å². The lowest BCUT2D eigenvalue weighted by atomic mass is 10.6. The van der Waals surface area contributed by atoms with Gasteiger partial charge in [-0.25, -0.2) is 0 Å². The molecule has 0 saturated carbocycles. The van der Waals surface area contributed by atoms with Gasteiger partial charge in [0.15, 0.2) is 0 Å². The average Bonchev–Trinajstić information content (AvgIpc) is 1.86. The SMILES string of the molecule is [2H]C1CCSS1. The van der Waals surface area contributed by atoms with Crippen LogP contribution < -0.4 is 0 Å². The number of hydrogen-bond donors (Lipinski definition) is 0. The van der Waals surface area contributed by atoms with Crippen LogP contribution in [-0.4, -0.2) is 11.5 Å². The first kappa shape index (κ1) is 2.80. The van der Waals surface area contributed by atoms with Crippen molar-refractivity contribution in [2.45, 2.75) is 6.42 Å². The largest absolute Gasteiger partial charge is 0.0941 e. The predicted molar refractivity (Wildman–Crippen MR) is 29.5 cm³/mol. The second-order valence-electron chi connectivity index (χ2n) is 0.874. The summed E-state index contributed by atoms with van der Waals surface area (Å²) in [6.45, 7) is 0. The fourth-order valence-corrected chi connectivity index (χ4v) is 2.17. The van der Waals surface area contributed by atoms with Gasteiger partial charge < -0.3 is 0 Å². The van der Waals surface area contributed by atoms with Gasteiger partial charge in [-0.1, -0.05) is 21.6 Å². The van der Waals surface area contributed by atoms with E-state index in [9.17, 15) is 0 Å². The highest BCUT2D eigenvalue weighted by molar-refractivity contribution is 8.77. The van der Waals surface area contributed by atoms with Gasteiger partial charge in [0.2, 0.25) is 0 Å². The molecule has 0 spiro atoms. The van der Waals surface area contributed by atoms with E-state index in [1.54, 1.807) is 10.8 Å². The van der Waals surface area contributed by atoms with Crippen LogP contribution in [0.2, 0.25) is 0 Å². The van der Waals surface area contributed by atoms with Crippen LogP contribution in [0.4, 0.5) is 0 Å². The van der Waals surface area contributed by atoms with E-state index >= 15 is 0 Å². The van der Waals surface area contributed by atoms with Crippen LogP contribution in [0.15, 0.2) is 0 Å². The smallest absolute Gasteiger partial charge is 0.0389 e. The number of rotatable bonds is 0. The fraction of sp³-hybridized carbons (Fsp3) is 1.00. The Balaban J connectivity index is 2.18. The maximum Gasteiger partial charge on any atom is 0.0389 e. The first-order valence-electron chi connectivity index (χ1n) is 2.18. The van der Waals surface area contributed by atoms with E-state index in [0.29, 0.717) is 0 Å². The zero-order valence-corrected chi connectivity index (χ0v) is 4.44. The second-order valence-corrected chi connectivity index (χ2v) is 3.33. The van der Waals surface area contributed by atoms with Crippen LogP contribution in [0.3, 0.4) is 0 Å². The van der Waals surface area contributed by atoms with Gasteiger partial charge in [-0.3, -0.25) is 0 Å². The molecule has 1 rings (SSSR count). The summed E-state index contributed by atoms with van der Waals surface area (Å²) in [4.78, 5) is 0. The molecule has 30 valence electrons. The van der Waals surface area contributed by atoms with Gasteiger partial charge in [-0.2, -0.15) is 0 Å². The van der Waals surface area contributed by atoms with Crippen molar-refractivity contribution in [3.8, 4) is 0 Å². The van der Waals surface area contributed by atoms with Crippen LogP contribution >= 0.6 is 21.6 Å². The van der Waals surface area contributed by atoms with E-state index in [2.05, 4.69) is 0 Å². The van der Waals surface area contributed by atoms with Gasteiger partial charge in [0.1, 0.15) is 0 Å². The average molecular weight is 107 g/mol. The molecule has 1 unspecified atom stereocenters. The summed E-state index contributed by atoms with van der Waals surface area (Å²) in [5.41, 5.74) is 0.176. The lowest BCUT2D eigenvalue weighted by molar-refractivity contribution is 1.15. The molecule has 0 amide bonds. The molecular formula is C3H6S2. The van der Waals surface area contributed by atoms with Gasteiger partial charge in [0.25, 0.3) is 0 Å². The standard InChI is InChI=1S/C3H6S2/c1-2-4-5-3-1/h1-3H2/i2D. The van der Waals surface area contributed by atoms with E-state index in [4.69, 9.17) is 1.37 Å². The summed E-state index contributed by atoms with van der Waals surface area (Å²) in [6, 6.07) is 0. The Kier molecular flexibility index (Phi) is 1.11. The predicted octanol–water partition coefficient (Wildman–Crippen LogP) is 1.77. The molecule has 0 bridgehead atoms. The van der Waals surface area contributed by atoms with E-state index in [1.165, 1.54) is 5.75 Å². The van der Waals surface area contributed by atoms with Crippen molar-refractivity contribution in [3.63, 3.8) is 0 Å². The van der Waals surface area contributed by atoms with Crippen molar-refractivity contribution in [3.05, 3.63) is 0 Å². The summed E-state index contributed by atoms with van der Waals surface area (Å²) < 4.78 is 7.07. The van der Waals surface area contributed by atoms with Crippen LogP contribution in [0.1, 0.15) is 7.79 Å². The highest BCUT2D eigenvalue weighted by Crippen LogP contribution is 2.29. The van der Waals surface area contributed by atoms with E-state index in [1.807, 2.05) is 10.8 Å². The minimum absolute atomic E-state index is 0.176. The molecule has 1 heterocycles. The Bertz CT molecular complexity index is 42.1. The molecule has 1 aliphatic rings. The van der Waals surface area contributed by atoms with Crippen molar-refractivity contribution in [2.24, 2.45) is 0 Å². The van der Waals surface area contributed by atoms with Gasteiger partial charge in [0.05, 0.1) is 0 Å². The zero-order valence-electron chi connectivity index (χ0n) is 3.81. The van der Waals surface area contributed by atoms with Crippen LogP contribution in [0.25, 0.3) is 0 Å². The maximum atomic E-state index is 7.07. The first-order valence-corrected chi connectivity index (χ1v) is 3.98. The maximum absolute atomic E-state index is 7.07. The molecule has 0 radical (unpaired) electrons. The Morgan fingerprint density at radius 1 is 1.60 bits per heavy atom. The molecule has 2 heteroatoms. The third-order valence-electron chi connectivity index (χ3n) is 0.455. The monoisotopic (exact) mass is 107 g/mol. The highest BCUT2D eigenvalue weighted by Gasteiger charge is 1.96. The number of hydrogen-bond acceptors (Lipinski definition) is 2. The molecule has 1 saturated heterocycles. The lowest BCUT2D eigenvalue weighted by Gasteiger charge is -1.69. The van der Waals surface area contributed by atoms with Crippen molar-refractivity contribution < 1.29 is 1.37 Å². The Morgan fingerprint density at radius 3 is 2.80 bits per heavy atom. The fourth-order valence-electron chi connectivity index (χ4n) is 0.241. The van der Waals surface area contributed by atoms with Gasteiger partial charge >= 0.3 is 0 Å². The molecule has 0 aromatic rings. The van der Waals surface area contributed by atoms with E-state index in [0.717, 1.165) is 6.42 Å². The third-order valence-corrected chi connectivity index (χ3v) is 2.68. The zero-order chi connectivity index (χ0) is 4.41. The topological polar surface area (TPSA) is 0 Å². The summed E-state index contributed by atoms with van der Waals surface area (Å²) in [5.74, 6) is 1.18. The molecule has 0 aliphatic carbocycles. The van der Waals surface area contributed by atoms with E-state index in [-0.39, 0.29) is 5.73 Å². The molecule has 0 aromatic heterocycles. The highest BCUT2D eigenvalue weighted by atomic mass is 33.1. The minimum Gasteiger partial charge on any atom is -0.0941 e. The summed E-state index contributed by atoms with van der Waals surface area (Å²) >= 11 is 0. The quantitative estimate of drug-likeness (QED) is 0.433. The molecular weight excluding hydrogens is 100 g/mol. The summed E-state index contributed by atoms with van der Waals surface area (Å²) in [6.07, 6.45) is 1.08. The van der Waals surface area contributed by atoms with Crippen molar-refractivity contribution >= 4 is 21.6 Å². The molecule has 0 N–H and O–H groups in total. The lowest BCUT2D eigenvalue weighted by Crippen LogP contribution is -1.63. The van der Waals surface area contributed by atoms with Crippen molar-refractivity contribution in [2.75, 3.05) is 11.5 Å². The van der Waals surface area contributed by atoms with Crippen LogP contribution in [0, 0.1) is 0 Å². The summed E-state index contributed by atoms with van der Waals surface area (Å²) in [7, 11) is 3.49. The molecule has 1 fully saturated rings. The first-order chi connectivity index (χ1) is 2.89. The second kappa shape index (κ2) is 1.98. The third kappa shape index (κ3) is 1.05. The Hall–Kier alpha value is 0.700. The Labute approximate surface area is 41.5 Å². The van der Waals surface area contributed by atoms with Crippen LogP contribution in [-0.2, 0) is 0 Å². The summed E-state index contributed by atoms with van der Waals surface area (Å²) in [5, 5.41) is 0. The normalized spacial score (nSPS) is 41.6. The molecule has 0 aromatic carbocycles. The van der Waals surface area contributed by atoms with Gasteiger partial charge in [-0.15, -0.1) is 0 Å².